The molecule has 1 saturated heterocycles. The molecule has 7 nitrogen and oxygen atoms in total. The topological polar surface area (TPSA) is 85.8 Å². The van der Waals surface area contributed by atoms with Crippen LogP contribution in [0.25, 0.3) is 0 Å². The van der Waals surface area contributed by atoms with E-state index in [1.54, 1.807) is 0 Å². The van der Waals surface area contributed by atoms with Crippen molar-refractivity contribution in [2.45, 2.75) is 46.7 Å². The zero-order chi connectivity index (χ0) is 20.5. The predicted octanol–water partition coefficient (Wildman–Crippen LogP) is 1.75. The Morgan fingerprint density at radius 2 is 1.82 bits per heavy atom. The monoisotopic (exact) mass is 387 g/mol. The molecule has 0 aromatic heterocycles. The first-order chi connectivity index (χ1) is 13.4. The number of rotatable bonds is 7. The molecule has 1 aliphatic heterocycles. The van der Waals surface area contributed by atoms with Gasteiger partial charge in [-0.15, -0.1) is 0 Å². The molecule has 0 spiro atoms. The van der Waals surface area contributed by atoms with Gasteiger partial charge in [0.15, 0.2) is 5.96 Å². The highest BCUT2D eigenvalue weighted by Crippen LogP contribution is 2.13. The largest absolute Gasteiger partial charge is 0.357 e. The molecule has 154 valence electrons. The van der Waals surface area contributed by atoms with Crippen molar-refractivity contribution in [2.24, 2.45) is 10.9 Å². The van der Waals surface area contributed by atoms with E-state index in [1.165, 1.54) is 0 Å². The molecule has 0 saturated carbocycles. The quantitative estimate of drug-likeness (QED) is 0.491. The number of nitrogens with one attached hydrogen (secondary N) is 3. The fourth-order valence-electron chi connectivity index (χ4n) is 3.15. The summed E-state index contributed by atoms with van der Waals surface area (Å²) in [5.41, 5.74) is 1.69. The van der Waals surface area contributed by atoms with Crippen LogP contribution in [-0.4, -0.2) is 54.9 Å². The SMILES string of the molecule is CCNC(=O)c1ccc(CN=C(NCC)NC2CCN(C(=O)C(C)C)C2)cc1. The van der Waals surface area contributed by atoms with Crippen molar-refractivity contribution in [1.82, 2.24) is 20.9 Å². The summed E-state index contributed by atoms with van der Waals surface area (Å²) in [6.45, 7) is 11.2. The smallest absolute Gasteiger partial charge is 0.251 e. The Balaban J connectivity index is 1.93. The molecule has 2 rings (SSSR count). The standard InChI is InChI=1S/C21H33N5O2/c1-5-22-19(27)17-9-7-16(8-10-17)13-24-21(23-6-2)25-18-11-12-26(14-18)20(28)15(3)4/h7-10,15,18H,5-6,11-14H2,1-4H3,(H,22,27)(H2,23,24,25). The van der Waals surface area contributed by atoms with Gasteiger partial charge in [-0.25, -0.2) is 4.99 Å². The Hall–Kier alpha value is -2.57. The number of carbonyl (C=O) groups is 2. The Bertz CT molecular complexity index is 685. The average Bonchev–Trinajstić information content (AvgIpc) is 3.14. The molecule has 1 aromatic carbocycles. The predicted molar refractivity (Wildman–Crippen MR) is 112 cm³/mol. The molecule has 1 atom stereocenters. The Labute approximate surface area is 168 Å². The Morgan fingerprint density at radius 1 is 1.14 bits per heavy atom. The summed E-state index contributed by atoms with van der Waals surface area (Å²) < 4.78 is 0. The number of guanidine groups is 1. The van der Waals surface area contributed by atoms with Gasteiger partial charge in [-0.1, -0.05) is 26.0 Å². The number of likely N-dealkylation sites (tertiary alicyclic amines) is 1. The highest BCUT2D eigenvalue weighted by molar-refractivity contribution is 5.94. The summed E-state index contributed by atoms with van der Waals surface area (Å²) in [4.78, 5) is 30.6. The molecule has 1 heterocycles. The lowest BCUT2D eigenvalue weighted by Crippen LogP contribution is -2.45. The van der Waals surface area contributed by atoms with Crippen LogP contribution in [0.3, 0.4) is 0 Å². The van der Waals surface area contributed by atoms with E-state index in [0.29, 0.717) is 25.2 Å². The average molecular weight is 388 g/mol. The van der Waals surface area contributed by atoms with Gasteiger partial charge in [-0.2, -0.15) is 0 Å². The fraction of sp³-hybridized carbons (Fsp3) is 0.571. The van der Waals surface area contributed by atoms with Crippen LogP contribution in [0.5, 0.6) is 0 Å². The van der Waals surface area contributed by atoms with E-state index in [1.807, 2.05) is 56.9 Å². The molecule has 0 aliphatic carbocycles. The maximum atomic E-state index is 12.2. The van der Waals surface area contributed by atoms with Gasteiger partial charge in [0.1, 0.15) is 0 Å². The van der Waals surface area contributed by atoms with Gasteiger partial charge in [0.2, 0.25) is 5.91 Å². The maximum absolute atomic E-state index is 12.2. The third-order valence-corrected chi connectivity index (χ3v) is 4.65. The van der Waals surface area contributed by atoms with Crippen molar-refractivity contribution in [1.29, 1.82) is 0 Å². The summed E-state index contributed by atoms with van der Waals surface area (Å²) >= 11 is 0. The van der Waals surface area contributed by atoms with Crippen molar-refractivity contribution in [3.63, 3.8) is 0 Å². The highest BCUT2D eigenvalue weighted by Gasteiger charge is 2.27. The number of nitrogens with zero attached hydrogens (tertiary/aromatic N) is 2. The van der Waals surface area contributed by atoms with E-state index in [4.69, 9.17) is 0 Å². The van der Waals surface area contributed by atoms with Crippen LogP contribution in [0.15, 0.2) is 29.3 Å². The Kier molecular flexibility index (Phi) is 8.29. The summed E-state index contributed by atoms with van der Waals surface area (Å²) in [5.74, 6) is 0.926. The first kappa shape index (κ1) is 21.7. The number of hydrogen-bond acceptors (Lipinski definition) is 3. The molecular weight excluding hydrogens is 354 g/mol. The van der Waals surface area contributed by atoms with Crippen LogP contribution in [-0.2, 0) is 11.3 Å². The summed E-state index contributed by atoms with van der Waals surface area (Å²) in [5, 5.41) is 9.49. The summed E-state index contributed by atoms with van der Waals surface area (Å²) in [6.07, 6.45) is 0.921. The molecule has 3 N–H and O–H groups in total. The van der Waals surface area contributed by atoms with E-state index in [-0.39, 0.29) is 23.8 Å². The van der Waals surface area contributed by atoms with Crippen LogP contribution >= 0.6 is 0 Å². The van der Waals surface area contributed by atoms with Gasteiger partial charge in [0.25, 0.3) is 5.91 Å². The van der Waals surface area contributed by atoms with Gasteiger partial charge in [0, 0.05) is 43.7 Å². The second kappa shape index (κ2) is 10.7. The molecule has 1 fully saturated rings. The molecule has 1 unspecified atom stereocenters. The van der Waals surface area contributed by atoms with Crippen LogP contribution in [0, 0.1) is 5.92 Å². The van der Waals surface area contributed by atoms with Gasteiger partial charge in [0.05, 0.1) is 6.54 Å². The van der Waals surface area contributed by atoms with E-state index in [0.717, 1.165) is 31.0 Å². The van der Waals surface area contributed by atoms with E-state index in [2.05, 4.69) is 20.9 Å². The summed E-state index contributed by atoms with van der Waals surface area (Å²) in [6, 6.07) is 7.71. The van der Waals surface area contributed by atoms with Crippen molar-refractivity contribution < 1.29 is 9.59 Å². The second-order valence-corrected chi connectivity index (χ2v) is 7.32. The lowest BCUT2D eigenvalue weighted by Gasteiger charge is -2.20. The Morgan fingerprint density at radius 3 is 2.43 bits per heavy atom. The van der Waals surface area contributed by atoms with Crippen molar-refractivity contribution in [3.05, 3.63) is 35.4 Å². The summed E-state index contributed by atoms with van der Waals surface area (Å²) in [7, 11) is 0. The van der Waals surface area contributed by atoms with E-state index >= 15 is 0 Å². The number of aliphatic imine (C=N–C) groups is 1. The first-order valence-electron chi connectivity index (χ1n) is 10.1. The van der Waals surface area contributed by atoms with E-state index in [9.17, 15) is 9.59 Å². The molecule has 2 amide bonds. The van der Waals surface area contributed by atoms with Crippen LogP contribution in [0.2, 0.25) is 0 Å². The molecule has 7 heteroatoms. The zero-order valence-corrected chi connectivity index (χ0v) is 17.4. The normalized spacial score (nSPS) is 17.0. The van der Waals surface area contributed by atoms with Gasteiger partial charge >= 0.3 is 0 Å². The molecule has 28 heavy (non-hydrogen) atoms. The lowest BCUT2D eigenvalue weighted by atomic mass is 10.1. The van der Waals surface area contributed by atoms with Gasteiger partial charge in [-0.05, 0) is 38.0 Å². The number of hydrogen-bond donors (Lipinski definition) is 3. The number of amides is 2. The van der Waals surface area contributed by atoms with Crippen molar-refractivity contribution >= 4 is 17.8 Å². The number of carbonyl (C=O) groups excluding carboxylic acids is 2. The van der Waals surface area contributed by atoms with Crippen molar-refractivity contribution in [3.8, 4) is 0 Å². The van der Waals surface area contributed by atoms with Crippen molar-refractivity contribution in [2.75, 3.05) is 26.2 Å². The third-order valence-electron chi connectivity index (χ3n) is 4.65. The minimum Gasteiger partial charge on any atom is -0.357 e. The number of benzene rings is 1. The molecule has 1 aliphatic rings. The van der Waals surface area contributed by atoms with E-state index < -0.39 is 0 Å². The molecule has 0 bridgehead atoms. The minimum absolute atomic E-state index is 0.0306. The maximum Gasteiger partial charge on any atom is 0.251 e. The van der Waals surface area contributed by atoms with Crippen LogP contribution in [0.1, 0.15) is 50.0 Å². The third kappa shape index (κ3) is 6.25. The minimum atomic E-state index is -0.0608. The fourth-order valence-corrected chi connectivity index (χ4v) is 3.15. The molecule has 1 aromatic rings. The lowest BCUT2D eigenvalue weighted by molar-refractivity contribution is -0.133. The highest BCUT2D eigenvalue weighted by atomic mass is 16.2. The van der Waals surface area contributed by atoms with Crippen LogP contribution < -0.4 is 16.0 Å². The molecule has 0 radical (unpaired) electrons. The molecular formula is C21H33N5O2. The first-order valence-corrected chi connectivity index (χ1v) is 10.1. The van der Waals surface area contributed by atoms with Crippen LogP contribution in [0.4, 0.5) is 0 Å². The zero-order valence-electron chi connectivity index (χ0n) is 17.4. The van der Waals surface area contributed by atoms with Gasteiger partial charge < -0.3 is 20.9 Å². The van der Waals surface area contributed by atoms with Gasteiger partial charge in [-0.3, -0.25) is 9.59 Å². The second-order valence-electron chi connectivity index (χ2n) is 7.32.